The summed E-state index contributed by atoms with van der Waals surface area (Å²) in [5.41, 5.74) is 0.946. The largest absolute Gasteiger partial charge is 0.358 e. The molecule has 18 heavy (non-hydrogen) atoms. The van der Waals surface area contributed by atoms with E-state index in [-0.39, 0.29) is 11.8 Å². The van der Waals surface area contributed by atoms with Gasteiger partial charge in [0.05, 0.1) is 11.1 Å². The van der Waals surface area contributed by atoms with Crippen LogP contribution in [0.1, 0.15) is 47.4 Å². The number of imide groups is 1. The van der Waals surface area contributed by atoms with Gasteiger partial charge in [-0.1, -0.05) is 26.0 Å². The lowest BCUT2D eigenvalue weighted by Crippen LogP contribution is -2.41. The van der Waals surface area contributed by atoms with Crippen molar-refractivity contribution in [1.29, 1.82) is 0 Å². The first kappa shape index (κ1) is 12.8. The highest BCUT2D eigenvalue weighted by Gasteiger charge is 2.39. The smallest absolute Gasteiger partial charge is 0.263 e. The van der Waals surface area contributed by atoms with Gasteiger partial charge in [-0.05, 0) is 25.0 Å². The number of amides is 2. The van der Waals surface area contributed by atoms with Gasteiger partial charge >= 0.3 is 0 Å². The molecule has 0 radical (unpaired) electrons. The molecule has 96 valence electrons. The normalized spacial score (nSPS) is 16.0. The van der Waals surface area contributed by atoms with Crippen molar-refractivity contribution in [3.8, 4) is 0 Å². The number of carbonyl (C=O) groups is 2. The second-order valence-corrected chi connectivity index (χ2v) is 4.26. The number of carbonyl (C=O) groups excluding carboxylic acids is 2. The van der Waals surface area contributed by atoms with Crippen molar-refractivity contribution in [3.05, 3.63) is 35.4 Å². The zero-order valence-corrected chi connectivity index (χ0v) is 10.7. The Morgan fingerprint density at radius 1 is 1.11 bits per heavy atom. The van der Waals surface area contributed by atoms with Gasteiger partial charge in [-0.2, -0.15) is 0 Å². The summed E-state index contributed by atoms with van der Waals surface area (Å²) in [6.45, 7) is 4.45. The highest BCUT2D eigenvalue weighted by atomic mass is 16.5. The summed E-state index contributed by atoms with van der Waals surface area (Å²) in [5.74, 6) is -0.503. The number of hydrogen-bond acceptors (Lipinski definition) is 3. The van der Waals surface area contributed by atoms with Crippen LogP contribution in [0.3, 0.4) is 0 Å². The summed E-state index contributed by atoms with van der Waals surface area (Å²) in [6, 6.07) is 6.90. The van der Waals surface area contributed by atoms with Crippen LogP contribution < -0.4 is 0 Å². The van der Waals surface area contributed by atoms with Gasteiger partial charge in [-0.15, -0.1) is 0 Å². The molecule has 0 N–H and O–H groups in total. The first-order chi connectivity index (χ1) is 8.70. The minimum Gasteiger partial charge on any atom is -0.358 e. The van der Waals surface area contributed by atoms with Crippen LogP contribution in [-0.4, -0.2) is 29.5 Å². The quantitative estimate of drug-likeness (QED) is 0.751. The summed E-state index contributed by atoms with van der Waals surface area (Å²) in [5, 5.41) is 0. The molecule has 1 atom stereocenters. The van der Waals surface area contributed by atoms with E-state index in [0.717, 1.165) is 6.42 Å². The average Bonchev–Trinajstić information content (AvgIpc) is 2.65. The fourth-order valence-electron chi connectivity index (χ4n) is 2.10. The molecule has 0 fully saturated rings. The number of rotatable bonds is 5. The molecule has 0 saturated heterocycles. The van der Waals surface area contributed by atoms with Gasteiger partial charge in [0.25, 0.3) is 11.8 Å². The molecule has 0 aromatic heterocycles. The van der Waals surface area contributed by atoms with Crippen molar-refractivity contribution in [2.45, 2.75) is 32.9 Å². The van der Waals surface area contributed by atoms with E-state index in [1.165, 1.54) is 4.90 Å². The van der Waals surface area contributed by atoms with Gasteiger partial charge in [0.15, 0.2) is 0 Å². The number of hydrogen-bond donors (Lipinski definition) is 0. The Morgan fingerprint density at radius 3 is 2.11 bits per heavy atom. The van der Waals surface area contributed by atoms with Gasteiger partial charge in [0.1, 0.15) is 6.23 Å². The molecule has 1 aliphatic rings. The number of fused-ring (bicyclic) bond motifs is 1. The van der Waals surface area contributed by atoms with Crippen molar-refractivity contribution in [3.63, 3.8) is 0 Å². The van der Waals surface area contributed by atoms with E-state index in [1.54, 1.807) is 24.3 Å². The lowest BCUT2D eigenvalue weighted by molar-refractivity contribution is -0.0341. The lowest BCUT2D eigenvalue weighted by Gasteiger charge is -2.24. The molecule has 0 spiro atoms. The second-order valence-electron chi connectivity index (χ2n) is 4.26. The van der Waals surface area contributed by atoms with Gasteiger partial charge in [-0.3, -0.25) is 9.59 Å². The number of nitrogens with zero attached hydrogens (tertiary/aromatic N) is 1. The van der Waals surface area contributed by atoms with Crippen LogP contribution in [0.25, 0.3) is 0 Å². The van der Waals surface area contributed by atoms with Crippen LogP contribution in [0.2, 0.25) is 0 Å². The van der Waals surface area contributed by atoms with E-state index in [9.17, 15) is 9.59 Å². The van der Waals surface area contributed by atoms with E-state index >= 15 is 0 Å². The third-order valence-electron chi connectivity index (χ3n) is 2.98. The van der Waals surface area contributed by atoms with Crippen LogP contribution in [0.5, 0.6) is 0 Å². The Kier molecular flexibility index (Phi) is 3.77. The third kappa shape index (κ3) is 2.04. The standard InChI is InChI=1S/C14H17NO3/c1-3-9-18-12(4-2)15-13(16)10-7-5-6-8-11(10)14(15)17/h5-8,12H,3-4,9H2,1-2H3. The molecule has 4 nitrogen and oxygen atoms in total. The fourth-order valence-corrected chi connectivity index (χ4v) is 2.10. The summed E-state index contributed by atoms with van der Waals surface area (Å²) >= 11 is 0. The zero-order valence-electron chi connectivity index (χ0n) is 10.7. The summed E-state index contributed by atoms with van der Waals surface area (Å²) < 4.78 is 5.58. The molecule has 1 aromatic rings. The van der Waals surface area contributed by atoms with Crippen LogP contribution in [0.15, 0.2) is 24.3 Å². The molecular formula is C14H17NO3. The van der Waals surface area contributed by atoms with Gasteiger partial charge < -0.3 is 4.74 Å². The molecule has 1 aromatic carbocycles. The van der Waals surface area contributed by atoms with Crippen molar-refractivity contribution >= 4 is 11.8 Å². The van der Waals surface area contributed by atoms with E-state index < -0.39 is 6.23 Å². The Labute approximate surface area is 107 Å². The molecule has 1 aliphatic heterocycles. The summed E-state index contributed by atoms with van der Waals surface area (Å²) in [4.78, 5) is 25.6. The fraction of sp³-hybridized carbons (Fsp3) is 0.429. The topological polar surface area (TPSA) is 46.6 Å². The Balaban J connectivity index is 2.26. The molecule has 4 heteroatoms. The zero-order chi connectivity index (χ0) is 13.1. The molecular weight excluding hydrogens is 230 g/mol. The van der Waals surface area contributed by atoms with Crippen molar-refractivity contribution < 1.29 is 14.3 Å². The number of benzene rings is 1. The second kappa shape index (κ2) is 5.31. The molecule has 2 amide bonds. The summed E-state index contributed by atoms with van der Waals surface area (Å²) in [7, 11) is 0. The molecule has 1 heterocycles. The Bertz CT molecular complexity index is 435. The molecule has 2 rings (SSSR count). The maximum Gasteiger partial charge on any atom is 0.263 e. The maximum atomic E-state index is 12.2. The Morgan fingerprint density at radius 2 is 1.67 bits per heavy atom. The maximum absolute atomic E-state index is 12.2. The van der Waals surface area contributed by atoms with E-state index in [2.05, 4.69) is 0 Å². The minimum atomic E-state index is -0.461. The van der Waals surface area contributed by atoms with Gasteiger partial charge in [0.2, 0.25) is 0 Å². The monoisotopic (exact) mass is 247 g/mol. The first-order valence-corrected chi connectivity index (χ1v) is 6.29. The predicted octanol–water partition coefficient (Wildman–Crippen LogP) is 2.45. The van der Waals surface area contributed by atoms with Crippen molar-refractivity contribution in [2.24, 2.45) is 0 Å². The van der Waals surface area contributed by atoms with Crippen molar-refractivity contribution in [1.82, 2.24) is 4.90 Å². The average molecular weight is 247 g/mol. The van der Waals surface area contributed by atoms with E-state index in [1.807, 2.05) is 13.8 Å². The molecule has 0 bridgehead atoms. The highest BCUT2D eigenvalue weighted by molar-refractivity contribution is 6.21. The summed E-state index contributed by atoms with van der Waals surface area (Å²) in [6.07, 6.45) is 1.00. The first-order valence-electron chi connectivity index (χ1n) is 6.29. The molecule has 0 saturated carbocycles. The number of ether oxygens (including phenoxy) is 1. The highest BCUT2D eigenvalue weighted by Crippen LogP contribution is 2.25. The van der Waals surface area contributed by atoms with Crippen LogP contribution in [0.4, 0.5) is 0 Å². The predicted molar refractivity (Wildman–Crippen MR) is 67.3 cm³/mol. The van der Waals surface area contributed by atoms with E-state index in [4.69, 9.17) is 4.74 Å². The molecule has 0 aliphatic carbocycles. The van der Waals surface area contributed by atoms with Crippen LogP contribution >= 0.6 is 0 Å². The SMILES string of the molecule is CCCOC(CC)N1C(=O)c2ccccc2C1=O. The molecule has 1 unspecified atom stereocenters. The van der Waals surface area contributed by atoms with Gasteiger partial charge in [0, 0.05) is 6.61 Å². The van der Waals surface area contributed by atoms with Gasteiger partial charge in [-0.25, -0.2) is 4.90 Å². The Hall–Kier alpha value is -1.68. The van der Waals surface area contributed by atoms with E-state index in [0.29, 0.717) is 24.2 Å². The third-order valence-corrected chi connectivity index (χ3v) is 2.98. The van der Waals surface area contributed by atoms with Crippen molar-refractivity contribution in [2.75, 3.05) is 6.61 Å². The van der Waals surface area contributed by atoms with Crippen LogP contribution in [0, 0.1) is 0 Å². The lowest BCUT2D eigenvalue weighted by atomic mass is 10.1. The van der Waals surface area contributed by atoms with Crippen LogP contribution in [-0.2, 0) is 4.74 Å². The minimum absolute atomic E-state index is 0.251.